The van der Waals surface area contributed by atoms with Gasteiger partial charge in [-0.15, -0.1) is 0 Å². The van der Waals surface area contributed by atoms with E-state index in [2.05, 4.69) is 11.3 Å². The highest BCUT2D eigenvalue weighted by Gasteiger charge is 1.99. The molecule has 1 amide bonds. The first-order chi connectivity index (χ1) is 5.33. The molecule has 0 atom stereocenters. The van der Waals surface area contributed by atoms with Gasteiger partial charge in [-0.2, -0.15) is 0 Å². The lowest BCUT2D eigenvalue weighted by Gasteiger charge is -1.96. The number of quaternary nitrogens is 1. The van der Waals surface area contributed by atoms with E-state index in [0.29, 0.717) is 6.42 Å². The van der Waals surface area contributed by atoms with Gasteiger partial charge in [0.05, 0.1) is 6.42 Å². The molecule has 11 heavy (non-hydrogen) atoms. The van der Waals surface area contributed by atoms with Crippen LogP contribution < -0.4 is 11.3 Å². The topological polar surface area (TPSA) is 56.7 Å². The average Bonchev–Trinajstić information content (AvgIpc) is 2.06. The average molecular weight is 151 g/mol. The predicted octanol–water partition coefficient (Wildman–Crippen LogP) is -0.498. The number of nitrogens with one attached hydrogen (secondary N) is 1. The normalized spacial score (nSPS) is 9.18. The van der Waals surface area contributed by atoms with Crippen LogP contribution in [-0.4, -0.2) is 5.91 Å². The summed E-state index contributed by atoms with van der Waals surface area (Å²) in [6.07, 6.45) is 0.407. The third-order valence-electron chi connectivity index (χ3n) is 1.40. The molecule has 3 heteroatoms. The lowest BCUT2D eigenvalue weighted by Crippen LogP contribution is -2.67. The third-order valence-corrected chi connectivity index (χ3v) is 1.40. The van der Waals surface area contributed by atoms with Gasteiger partial charge in [0.25, 0.3) is 5.91 Å². The van der Waals surface area contributed by atoms with Crippen molar-refractivity contribution in [2.45, 2.75) is 6.42 Å². The van der Waals surface area contributed by atoms with Gasteiger partial charge >= 0.3 is 0 Å². The molecule has 0 unspecified atom stereocenters. The molecule has 1 rings (SSSR count). The Morgan fingerprint density at radius 1 is 1.36 bits per heavy atom. The molecule has 0 aromatic heterocycles. The molecular weight excluding hydrogens is 140 g/mol. The van der Waals surface area contributed by atoms with Crippen LogP contribution in [0.1, 0.15) is 5.56 Å². The molecule has 0 bridgehead atoms. The van der Waals surface area contributed by atoms with E-state index in [0.717, 1.165) is 5.56 Å². The highest BCUT2D eigenvalue weighted by molar-refractivity contribution is 5.77. The molecule has 0 spiro atoms. The lowest BCUT2D eigenvalue weighted by molar-refractivity contribution is -0.427. The van der Waals surface area contributed by atoms with Gasteiger partial charge in [-0.25, -0.2) is 5.43 Å². The van der Waals surface area contributed by atoms with Crippen molar-refractivity contribution in [3.8, 4) is 0 Å². The number of rotatable bonds is 2. The van der Waals surface area contributed by atoms with Gasteiger partial charge in [-0.05, 0) is 5.56 Å². The molecule has 0 saturated heterocycles. The summed E-state index contributed by atoms with van der Waals surface area (Å²) in [5.41, 5.74) is 3.33. The highest BCUT2D eigenvalue weighted by atomic mass is 16.2. The minimum atomic E-state index is -0.0591. The van der Waals surface area contributed by atoms with Crippen LogP contribution in [0.3, 0.4) is 0 Å². The minimum absolute atomic E-state index is 0.0591. The van der Waals surface area contributed by atoms with Crippen LogP contribution in [0, 0.1) is 0 Å². The molecule has 1 aromatic carbocycles. The van der Waals surface area contributed by atoms with Crippen LogP contribution in [0.4, 0.5) is 0 Å². The van der Waals surface area contributed by atoms with Gasteiger partial charge in [-0.3, -0.25) is 10.6 Å². The number of hydrogen-bond donors (Lipinski definition) is 2. The summed E-state index contributed by atoms with van der Waals surface area (Å²) in [7, 11) is 0. The van der Waals surface area contributed by atoms with Crippen LogP contribution in [0.2, 0.25) is 0 Å². The van der Waals surface area contributed by atoms with Crippen LogP contribution in [0.25, 0.3) is 0 Å². The van der Waals surface area contributed by atoms with Crippen molar-refractivity contribution >= 4 is 5.91 Å². The van der Waals surface area contributed by atoms with Gasteiger partial charge in [0.1, 0.15) is 0 Å². The first-order valence-electron chi connectivity index (χ1n) is 3.43. The Balaban J connectivity index is 2.58. The maximum atomic E-state index is 10.8. The second kappa shape index (κ2) is 3.73. The van der Waals surface area contributed by atoms with E-state index in [1.54, 1.807) is 0 Å². The molecule has 1 aromatic rings. The van der Waals surface area contributed by atoms with Crippen molar-refractivity contribution in [3.63, 3.8) is 0 Å². The van der Waals surface area contributed by atoms with Crippen molar-refractivity contribution in [3.05, 3.63) is 35.9 Å². The van der Waals surface area contributed by atoms with E-state index in [9.17, 15) is 4.79 Å². The number of benzene rings is 1. The van der Waals surface area contributed by atoms with E-state index >= 15 is 0 Å². The first-order valence-corrected chi connectivity index (χ1v) is 3.43. The Kier molecular flexibility index (Phi) is 2.63. The number of amides is 1. The van der Waals surface area contributed by atoms with Gasteiger partial charge in [0.15, 0.2) is 0 Å². The fourth-order valence-corrected chi connectivity index (χ4v) is 0.844. The fraction of sp³-hybridized carbons (Fsp3) is 0.125. The molecule has 0 aliphatic heterocycles. The van der Waals surface area contributed by atoms with Crippen molar-refractivity contribution < 1.29 is 10.6 Å². The zero-order valence-electron chi connectivity index (χ0n) is 6.21. The highest BCUT2D eigenvalue weighted by Crippen LogP contribution is 1.98. The largest absolute Gasteiger partial charge is 0.270 e. The van der Waals surface area contributed by atoms with Gasteiger partial charge in [0, 0.05) is 0 Å². The predicted molar refractivity (Wildman–Crippen MR) is 41.2 cm³/mol. The molecule has 3 nitrogen and oxygen atoms in total. The Morgan fingerprint density at radius 2 is 2.00 bits per heavy atom. The van der Waals surface area contributed by atoms with E-state index in [1.165, 1.54) is 0 Å². The van der Waals surface area contributed by atoms with E-state index in [1.807, 2.05) is 30.3 Å². The summed E-state index contributed by atoms with van der Waals surface area (Å²) in [6, 6.07) is 9.56. The molecule has 0 fully saturated rings. The van der Waals surface area contributed by atoms with Crippen LogP contribution in [0.15, 0.2) is 30.3 Å². The standard InChI is InChI=1S/C8H10N2O/c9-10-8(11)6-7-4-2-1-3-5-7/h1-5H,6,9H2,(H,10,11)/p+1. The van der Waals surface area contributed by atoms with Crippen LogP contribution in [-0.2, 0) is 11.2 Å². The minimum Gasteiger partial charge on any atom is -0.270 e. The number of carbonyl (C=O) groups is 1. The van der Waals surface area contributed by atoms with Crippen LogP contribution >= 0.6 is 0 Å². The summed E-state index contributed by atoms with van der Waals surface area (Å²) in [5, 5.41) is 0. The Hall–Kier alpha value is -1.35. The summed E-state index contributed by atoms with van der Waals surface area (Å²) in [4.78, 5) is 10.8. The zero-order valence-corrected chi connectivity index (χ0v) is 6.21. The molecule has 0 aliphatic carbocycles. The molecule has 0 heterocycles. The van der Waals surface area contributed by atoms with E-state index in [-0.39, 0.29) is 5.91 Å². The summed E-state index contributed by atoms with van der Waals surface area (Å²) >= 11 is 0. The second-order valence-corrected chi connectivity index (χ2v) is 2.26. The van der Waals surface area contributed by atoms with Gasteiger partial charge in [-0.1, -0.05) is 30.3 Å². The summed E-state index contributed by atoms with van der Waals surface area (Å²) < 4.78 is 0. The first kappa shape index (κ1) is 7.75. The summed E-state index contributed by atoms with van der Waals surface area (Å²) in [6.45, 7) is 0. The third kappa shape index (κ3) is 2.39. The summed E-state index contributed by atoms with van der Waals surface area (Å²) in [5.74, 6) is 3.22. The van der Waals surface area contributed by atoms with E-state index < -0.39 is 0 Å². The van der Waals surface area contributed by atoms with E-state index in [4.69, 9.17) is 0 Å². The lowest BCUT2D eigenvalue weighted by atomic mass is 10.1. The SMILES string of the molecule is [NH3+]NC(=O)Cc1ccccc1. The quantitative estimate of drug-likeness (QED) is 0.550. The van der Waals surface area contributed by atoms with Crippen molar-refractivity contribution in [1.82, 2.24) is 5.43 Å². The van der Waals surface area contributed by atoms with Crippen molar-refractivity contribution in [1.29, 1.82) is 0 Å². The Labute approximate surface area is 65.2 Å². The molecule has 0 aliphatic rings. The molecule has 58 valence electrons. The van der Waals surface area contributed by atoms with Gasteiger partial charge < -0.3 is 0 Å². The Bertz CT molecular complexity index is 233. The van der Waals surface area contributed by atoms with Crippen LogP contribution in [0.5, 0.6) is 0 Å². The van der Waals surface area contributed by atoms with Crippen molar-refractivity contribution in [2.75, 3.05) is 0 Å². The number of hydrogen-bond acceptors (Lipinski definition) is 1. The molecule has 4 N–H and O–H groups in total. The fourth-order valence-electron chi connectivity index (χ4n) is 0.844. The maximum Gasteiger partial charge on any atom is 0.269 e. The second-order valence-electron chi connectivity index (χ2n) is 2.26. The Morgan fingerprint density at radius 3 is 2.55 bits per heavy atom. The molecular formula is C8H11N2O+. The number of carbonyl (C=O) groups excluding carboxylic acids is 1. The molecule has 0 radical (unpaired) electrons. The zero-order chi connectivity index (χ0) is 8.10. The smallest absolute Gasteiger partial charge is 0.269 e. The van der Waals surface area contributed by atoms with Crippen molar-refractivity contribution in [2.24, 2.45) is 0 Å². The maximum absolute atomic E-state index is 10.8. The monoisotopic (exact) mass is 151 g/mol. The van der Waals surface area contributed by atoms with Gasteiger partial charge in [0.2, 0.25) is 0 Å². The molecule has 0 saturated carbocycles.